The maximum absolute atomic E-state index is 10.2. The van der Waals surface area contributed by atoms with Crippen LogP contribution in [0.15, 0.2) is 11.6 Å². The van der Waals surface area contributed by atoms with E-state index in [1.807, 2.05) is 6.92 Å². The zero-order valence-electron chi connectivity index (χ0n) is 9.58. The summed E-state index contributed by atoms with van der Waals surface area (Å²) in [5.74, 6) is 0. The Morgan fingerprint density at radius 2 is 2.14 bits per heavy atom. The fourth-order valence-electron chi connectivity index (χ4n) is 1.47. The summed E-state index contributed by atoms with van der Waals surface area (Å²) in [4.78, 5) is 10.2. The van der Waals surface area contributed by atoms with Crippen LogP contribution in [0.3, 0.4) is 0 Å². The van der Waals surface area contributed by atoms with Gasteiger partial charge in [-0.15, -0.1) is 0 Å². The highest BCUT2D eigenvalue weighted by Crippen LogP contribution is 2.13. The van der Waals surface area contributed by atoms with Gasteiger partial charge in [-0.3, -0.25) is 4.79 Å². The van der Waals surface area contributed by atoms with Crippen molar-refractivity contribution in [2.45, 2.75) is 52.1 Å². The van der Waals surface area contributed by atoms with E-state index in [9.17, 15) is 4.79 Å². The van der Waals surface area contributed by atoms with Crippen LogP contribution >= 0.6 is 0 Å². The summed E-state index contributed by atoms with van der Waals surface area (Å²) >= 11 is 0. The number of hydrogen-bond acceptors (Lipinski definition) is 2. The molecule has 0 spiro atoms. The highest BCUT2D eigenvalue weighted by atomic mass is 16.5. The quantitative estimate of drug-likeness (QED) is 0.340. The van der Waals surface area contributed by atoms with Gasteiger partial charge in [0.2, 0.25) is 0 Å². The fraction of sp³-hybridized carbons (Fsp3) is 0.750. The lowest BCUT2D eigenvalue weighted by molar-refractivity contribution is -0.104. The van der Waals surface area contributed by atoms with E-state index in [2.05, 4.69) is 6.92 Å². The molecule has 0 amide bonds. The van der Waals surface area contributed by atoms with Gasteiger partial charge >= 0.3 is 0 Å². The highest BCUT2D eigenvalue weighted by Gasteiger charge is 2.07. The second kappa shape index (κ2) is 8.95. The zero-order valence-corrected chi connectivity index (χ0v) is 9.58. The van der Waals surface area contributed by atoms with Crippen LogP contribution in [0.25, 0.3) is 0 Å². The second-order valence-corrected chi connectivity index (χ2v) is 3.71. The molecular weight excluding hydrogens is 176 g/mol. The third kappa shape index (κ3) is 6.84. The standard InChI is InChI=1S/C12H22O2/c1-4-5-6-7-12(14-3)10-11(2)8-9-13/h8-9,12H,4-7,10H2,1-3H3/b11-8+. The molecule has 0 aliphatic carbocycles. The Morgan fingerprint density at radius 1 is 1.43 bits per heavy atom. The van der Waals surface area contributed by atoms with E-state index >= 15 is 0 Å². The highest BCUT2D eigenvalue weighted by molar-refractivity contribution is 5.65. The third-order valence-electron chi connectivity index (χ3n) is 2.37. The lowest BCUT2D eigenvalue weighted by atomic mass is 10.0. The van der Waals surface area contributed by atoms with Gasteiger partial charge in [-0.2, -0.15) is 0 Å². The summed E-state index contributed by atoms with van der Waals surface area (Å²) in [6.45, 7) is 4.17. The number of ether oxygens (including phenoxy) is 1. The molecule has 2 heteroatoms. The number of carbonyl (C=O) groups excluding carboxylic acids is 1. The normalized spacial score (nSPS) is 14.1. The molecule has 0 aliphatic rings. The summed E-state index contributed by atoms with van der Waals surface area (Å²) in [5, 5.41) is 0. The van der Waals surface area contributed by atoms with Crippen LogP contribution in [0, 0.1) is 0 Å². The van der Waals surface area contributed by atoms with E-state index in [0.29, 0.717) is 0 Å². The van der Waals surface area contributed by atoms with E-state index in [-0.39, 0.29) is 6.10 Å². The van der Waals surface area contributed by atoms with Gasteiger partial charge in [0.15, 0.2) is 0 Å². The SMILES string of the molecule is CCCCCC(C/C(C)=C/C=O)OC. The molecule has 0 aromatic rings. The first-order valence-corrected chi connectivity index (χ1v) is 5.38. The Bertz CT molecular complexity index is 173. The molecule has 0 saturated carbocycles. The molecule has 0 rings (SSSR count). The van der Waals surface area contributed by atoms with Crippen LogP contribution in [0.5, 0.6) is 0 Å². The second-order valence-electron chi connectivity index (χ2n) is 3.71. The molecule has 1 atom stereocenters. The van der Waals surface area contributed by atoms with E-state index in [1.165, 1.54) is 19.3 Å². The van der Waals surface area contributed by atoms with Crippen molar-refractivity contribution in [3.8, 4) is 0 Å². The van der Waals surface area contributed by atoms with Crippen molar-refractivity contribution in [3.63, 3.8) is 0 Å². The zero-order chi connectivity index (χ0) is 10.8. The molecule has 0 bridgehead atoms. The smallest absolute Gasteiger partial charge is 0.142 e. The lowest BCUT2D eigenvalue weighted by Crippen LogP contribution is -2.10. The number of allylic oxidation sites excluding steroid dienone is 1. The maximum atomic E-state index is 10.2. The summed E-state index contributed by atoms with van der Waals surface area (Å²) in [5.41, 5.74) is 1.10. The van der Waals surface area contributed by atoms with Crippen molar-refractivity contribution in [3.05, 3.63) is 11.6 Å². The molecule has 0 heterocycles. The third-order valence-corrected chi connectivity index (χ3v) is 2.37. The van der Waals surface area contributed by atoms with Gasteiger partial charge in [-0.25, -0.2) is 0 Å². The molecule has 82 valence electrons. The Balaban J connectivity index is 3.77. The molecule has 0 aromatic heterocycles. The van der Waals surface area contributed by atoms with Crippen LogP contribution < -0.4 is 0 Å². The first kappa shape index (κ1) is 13.4. The summed E-state index contributed by atoms with van der Waals surface area (Å²) < 4.78 is 5.36. The molecule has 0 aliphatic heterocycles. The number of carbonyl (C=O) groups is 1. The van der Waals surface area contributed by atoms with Crippen molar-refractivity contribution in [1.82, 2.24) is 0 Å². The Morgan fingerprint density at radius 3 is 2.64 bits per heavy atom. The first-order valence-electron chi connectivity index (χ1n) is 5.38. The van der Waals surface area contributed by atoms with Gasteiger partial charge < -0.3 is 4.74 Å². The monoisotopic (exact) mass is 198 g/mol. The number of unbranched alkanes of at least 4 members (excludes halogenated alkanes) is 2. The molecule has 0 saturated heterocycles. The minimum Gasteiger partial charge on any atom is -0.381 e. The Hall–Kier alpha value is -0.630. The largest absolute Gasteiger partial charge is 0.381 e. The van der Waals surface area contributed by atoms with Crippen molar-refractivity contribution >= 4 is 6.29 Å². The Labute approximate surface area is 87.3 Å². The molecule has 1 unspecified atom stereocenters. The Kier molecular flexibility index (Phi) is 8.54. The summed E-state index contributed by atoms with van der Waals surface area (Å²) in [6, 6.07) is 0. The van der Waals surface area contributed by atoms with Gasteiger partial charge in [0, 0.05) is 7.11 Å². The average Bonchev–Trinajstić information content (AvgIpc) is 2.17. The van der Waals surface area contributed by atoms with Crippen molar-refractivity contribution in [2.75, 3.05) is 7.11 Å². The van der Waals surface area contributed by atoms with Gasteiger partial charge in [-0.05, 0) is 25.8 Å². The molecule has 0 N–H and O–H groups in total. The minimum atomic E-state index is 0.276. The van der Waals surface area contributed by atoms with Crippen LogP contribution in [0.1, 0.15) is 46.0 Å². The molecule has 0 aromatic carbocycles. The van der Waals surface area contributed by atoms with Gasteiger partial charge in [0.05, 0.1) is 6.10 Å². The average molecular weight is 198 g/mol. The number of hydrogen-bond donors (Lipinski definition) is 0. The van der Waals surface area contributed by atoms with Gasteiger partial charge in [0.1, 0.15) is 6.29 Å². The lowest BCUT2D eigenvalue weighted by Gasteiger charge is -2.14. The molecule has 14 heavy (non-hydrogen) atoms. The van der Waals surface area contributed by atoms with Gasteiger partial charge in [0.25, 0.3) is 0 Å². The van der Waals surface area contributed by atoms with E-state index in [0.717, 1.165) is 24.7 Å². The van der Waals surface area contributed by atoms with E-state index in [4.69, 9.17) is 4.74 Å². The van der Waals surface area contributed by atoms with Gasteiger partial charge in [-0.1, -0.05) is 31.8 Å². The minimum absolute atomic E-state index is 0.276. The maximum Gasteiger partial charge on any atom is 0.142 e. The van der Waals surface area contributed by atoms with Crippen LogP contribution in [-0.4, -0.2) is 19.5 Å². The van der Waals surface area contributed by atoms with Crippen molar-refractivity contribution in [1.29, 1.82) is 0 Å². The summed E-state index contributed by atoms with van der Waals surface area (Å²) in [7, 11) is 1.74. The summed E-state index contributed by atoms with van der Waals surface area (Å²) in [6.07, 6.45) is 8.41. The molecular formula is C12H22O2. The molecule has 0 fully saturated rings. The molecule has 0 radical (unpaired) electrons. The topological polar surface area (TPSA) is 26.3 Å². The van der Waals surface area contributed by atoms with Crippen molar-refractivity contribution in [2.24, 2.45) is 0 Å². The fourth-order valence-corrected chi connectivity index (χ4v) is 1.47. The number of methoxy groups -OCH3 is 1. The predicted octanol–water partition coefficient (Wildman–Crippen LogP) is 3.12. The number of rotatable bonds is 8. The number of aldehydes is 1. The van der Waals surface area contributed by atoms with Crippen LogP contribution in [0.2, 0.25) is 0 Å². The van der Waals surface area contributed by atoms with Crippen LogP contribution in [-0.2, 0) is 9.53 Å². The predicted molar refractivity (Wildman–Crippen MR) is 59.4 cm³/mol. The molecule has 2 nitrogen and oxygen atoms in total. The van der Waals surface area contributed by atoms with E-state index < -0.39 is 0 Å². The first-order chi connectivity index (χ1) is 6.74. The van der Waals surface area contributed by atoms with Crippen molar-refractivity contribution < 1.29 is 9.53 Å². The van der Waals surface area contributed by atoms with Crippen LogP contribution in [0.4, 0.5) is 0 Å². The van der Waals surface area contributed by atoms with E-state index in [1.54, 1.807) is 13.2 Å².